The van der Waals surface area contributed by atoms with Crippen molar-refractivity contribution in [3.8, 4) is 0 Å². The van der Waals surface area contributed by atoms with Crippen LogP contribution in [0.5, 0.6) is 0 Å². The standard InChI is InChI=1S/C22H19ClFNOS/c23-19-10-8-18(9-11-19)22(17-4-2-1-3-5-17)25-21(26)15-27-14-16-6-12-20(24)13-7-16/h1-13,22H,14-15H2,(H,25,26). The van der Waals surface area contributed by atoms with E-state index in [2.05, 4.69) is 5.32 Å². The summed E-state index contributed by atoms with van der Waals surface area (Å²) in [4.78, 5) is 12.5. The molecule has 0 aliphatic rings. The third-order valence-corrected chi connectivity index (χ3v) is 5.31. The van der Waals surface area contributed by atoms with Crippen LogP contribution in [0.15, 0.2) is 78.9 Å². The summed E-state index contributed by atoms with van der Waals surface area (Å²) >= 11 is 7.49. The summed E-state index contributed by atoms with van der Waals surface area (Å²) in [6.45, 7) is 0. The van der Waals surface area contributed by atoms with Gasteiger partial charge < -0.3 is 5.32 Å². The minimum atomic E-state index is -0.254. The van der Waals surface area contributed by atoms with Crippen molar-refractivity contribution in [2.24, 2.45) is 0 Å². The lowest BCUT2D eigenvalue weighted by Crippen LogP contribution is -2.30. The van der Waals surface area contributed by atoms with Crippen LogP contribution in [0.4, 0.5) is 4.39 Å². The molecule has 1 N–H and O–H groups in total. The van der Waals surface area contributed by atoms with E-state index < -0.39 is 0 Å². The topological polar surface area (TPSA) is 29.1 Å². The van der Waals surface area contributed by atoms with Crippen molar-refractivity contribution < 1.29 is 9.18 Å². The van der Waals surface area contributed by atoms with E-state index in [1.54, 1.807) is 12.1 Å². The van der Waals surface area contributed by atoms with Crippen molar-refractivity contribution in [2.45, 2.75) is 11.8 Å². The number of amides is 1. The number of thioether (sulfide) groups is 1. The first-order chi connectivity index (χ1) is 13.1. The normalized spacial score (nSPS) is 11.8. The van der Waals surface area contributed by atoms with Crippen molar-refractivity contribution in [1.29, 1.82) is 0 Å². The van der Waals surface area contributed by atoms with Gasteiger partial charge in [-0.2, -0.15) is 0 Å². The minimum Gasteiger partial charge on any atom is -0.344 e. The van der Waals surface area contributed by atoms with E-state index in [1.807, 2.05) is 54.6 Å². The molecule has 0 aliphatic carbocycles. The van der Waals surface area contributed by atoms with E-state index in [0.717, 1.165) is 16.7 Å². The van der Waals surface area contributed by atoms with E-state index in [-0.39, 0.29) is 17.8 Å². The zero-order valence-corrected chi connectivity index (χ0v) is 16.1. The van der Waals surface area contributed by atoms with Crippen LogP contribution < -0.4 is 5.32 Å². The first kappa shape index (κ1) is 19.5. The lowest BCUT2D eigenvalue weighted by atomic mass is 9.99. The van der Waals surface area contributed by atoms with E-state index in [4.69, 9.17) is 11.6 Å². The summed E-state index contributed by atoms with van der Waals surface area (Å²) in [5.74, 6) is 0.681. The minimum absolute atomic E-state index is 0.0501. The molecule has 3 rings (SSSR count). The van der Waals surface area contributed by atoms with Crippen molar-refractivity contribution in [2.75, 3.05) is 5.75 Å². The molecule has 2 nitrogen and oxygen atoms in total. The number of hydrogen-bond donors (Lipinski definition) is 1. The Balaban J connectivity index is 1.63. The number of carbonyl (C=O) groups is 1. The summed E-state index contributed by atoms with van der Waals surface area (Å²) in [5.41, 5.74) is 2.98. The Morgan fingerprint density at radius 3 is 2.22 bits per heavy atom. The van der Waals surface area contributed by atoms with Gasteiger partial charge in [0.15, 0.2) is 0 Å². The van der Waals surface area contributed by atoms with E-state index >= 15 is 0 Å². The molecule has 0 heterocycles. The molecule has 0 radical (unpaired) electrons. The summed E-state index contributed by atoms with van der Waals surface area (Å²) in [5, 5.41) is 3.76. The molecule has 3 aromatic carbocycles. The Morgan fingerprint density at radius 2 is 1.56 bits per heavy atom. The van der Waals surface area contributed by atoms with Crippen LogP contribution in [-0.4, -0.2) is 11.7 Å². The van der Waals surface area contributed by atoms with Crippen LogP contribution in [0, 0.1) is 5.82 Å². The fraction of sp³-hybridized carbons (Fsp3) is 0.136. The quantitative estimate of drug-likeness (QED) is 0.558. The molecule has 0 saturated carbocycles. The molecule has 27 heavy (non-hydrogen) atoms. The Bertz CT molecular complexity index is 869. The van der Waals surface area contributed by atoms with Crippen molar-refractivity contribution in [3.05, 3.63) is 106 Å². The van der Waals surface area contributed by atoms with Crippen LogP contribution >= 0.6 is 23.4 Å². The van der Waals surface area contributed by atoms with Gasteiger partial charge in [0.2, 0.25) is 5.91 Å². The maximum absolute atomic E-state index is 12.9. The smallest absolute Gasteiger partial charge is 0.230 e. The Kier molecular flexibility index (Phi) is 6.91. The average Bonchev–Trinajstić information content (AvgIpc) is 2.69. The molecule has 1 amide bonds. The van der Waals surface area contributed by atoms with E-state index in [9.17, 15) is 9.18 Å². The van der Waals surface area contributed by atoms with Crippen LogP contribution in [-0.2, 0) is 10.5 Å². The van der Waals surface area contributed by atoms with Gasteiger partial charge in [0, 0.05) is 10.8 Å². The van der Waals surface area contributed by atoms with Gasteiger partial charge in [0.05, 0.1) is 11.8 Å². The number of carbonyl (C=O) groups excluding carboxylic acids is 1. The number of nitrogens with one attached hydrogen (secondary N) is 1. The first-order valence-corrected chi connectivity index (χ1v) is 10.1. The highest BCUT2D eigenvalue weighted by molar-refractivity contribution is 7.99. The van der Waals surface area contributed by atoms with Gasteiger partial charge in [-0.1, -0.05) is 66.2 Å². The molecular formula is C22H19ClFNOS. The zero-order valence-electron chi connectivity index (χ0n) is 14.6. The Hall–Kier alpha value is -2.30. The highest BCUT2D eigenvalue weighted by Crippen LogP contribution is 2.24. The van der Waals surface area contributed by atoms with E-state index in [1.165, 1.54) is 23.9 Å². The second-order valence-electron chi connectivity index (χ2n) is 6.08. The number of benzene rings is 3. The monoisotopic (exact) mass is 399 g/mol. The lowest BCUT2D eigenvalue weighted by molar-refractivity contribution is -0.119. The average molecular weight is 400 g/mol. The summed E-state index contributed by atoms with van der Waals surface area (Å²) in [7, 11) is 0. The molecule has 0 spiro atoms. The Labute approximate surface area is 167 Å². The van der Waals surface area contributed by atoms with Gasteiger partial charge in [0.25, 0.3) is 0 Å². The lowest BCUT2D eigenvalue weighted by Gasteiger charge is -2.20. The van der Waals surface area contributed by atoms with Crippen LogP contribution in [0.1, 0.15) is 22.7 Å². The van der Waals surface area contributed by atoms with Crippen molar-refractivity contribution >= 4 is 29.3 Å². The highest BCUT2D eigenvalue weighted by atomic mass is 35.5. The molecule has 0 fully saturated rings. The maximum atomic E-state index is 12.9. The molecule has 5 heteroatoms. The van der Waals surface area contributed by atoms with Gasteiger partial charge in [-0.15, -0.1) is 11.8 Å². The molecule has 0 bridgehead atoms. The third-order valence-electron chi connectivity index (χ3n) is 4.06. The fourth-order valence-corrected chi connectivity index (χ4v) is 3.63. The van der Waals surface area contributed by atoms with Crippen LogP contribution in [0.3, 0.4) is 0 Å². The van der Waals surface area contributed by atoms with Gasteiger partial charge >= 0.3 is 0 Å². The predicted octanol–water partition coefficient (Wildman–Crippen LogP) is 5.62. The summed E-state index contributed by atoms with van der Waals surface area (Å²) in [6, 6.07) is 23.4. The third kappa shape index (κ3) is 5.84. The summed E-state index contributed by atoms with van der Waals surface area (Å²) < 4.78 is 12.9. The molecule has 0 saturated heterocycles. The number of halogens is 2. The molecule has 0 aliphatic heterocycles. The molecule has 3 aromatic rings. The van der Waals surface area contributed by atoms with Crippen molar-refractivity contribution in [1.82, 2.24) is 5.32 Å². The first-order valence-electron chi connectivity index (χ1n) is 8.54. The molecule has 0 aromatic heterocycles. The van der Waals surface area contributed by atoms with Crippen molar-refractivity contribution in [3.63, 3.8) is 0 Å². The SMILES string of the molecule is O=C(CSCc1ccc(F)cc1)NC(c1ccccc1)c1ccc(Cl)cc1. The number of hydrogen-bond acceptors (Lipinski definition) is 2. The highest BCUT2D eigenvalue weighted by Gasteiger charge is 2.16. The fourth-order valence-electron chi connectivity index (χ4n) is 2.70. The largest absolute Gasteiger partial charge is 0.344 e. The maximum Gasteiger partial charge on any atom is 0.230 e. The molecule has 1 atom stereocenters. The predicted molar refractivity (Wildman–Crippen MR) is 110 cm³/mol. The summed E-state index contributed by atoms with van der Waals surface area (Å²) in [6.07, 6.45) is 0. The zero-order chi connectivity index (χ0) is 19.1. The Morgan fingerprint density at radius 1 is 0.926 bits per heavy atom. The van der Waals surface area contributed by atoms with Gasteiger partial charge in [0.1, 0.15) is 5.82 Å². The van der Waals surface area contributed by atoms with Crippen LogP contribution in [0.25, 0.3) is 0 Å². The van der Waals surface area contributed by atoms with Crippen LogP contribution in [0.2, 0.25) is 5.02 Å². The van der Waals surface area contributed by atoms with Gasteiger partial charge in [-0.3, -0.25) is 4.79 Å². The second kappa shape index (κ2) is 9.58. The van der Waals surface area contributed by atoms with E-state index in [0.29, 0.717) is 16.5 Å². The molecular weight excluding hydrogens is 381 g/mol. The second-order valence-corrected chi connectivity index (χ2v) is 7.50. The molecule has 138 valence electrons. The molecule has 1 unspecified atom stereocenters. The van der Waals surface area contributed by atoms with Gasteiger partial charge in [-0.25, -0.2) is 4.39 Å². The number of rotatable bonds is 7. The van der Waals surface area contributed by atoms with Gasteiger partial charge in [-0.05, 0) is 41.0 Å².